The van der Waals surface area contributed by atoms with Gasteiger partial charge in [-0.05, 0) is 31.6 Å². The third kappa shape index (κ3) is 76.8. The fraction of sp³-hybridized carbons (Fsp3) is 0.953. The molecule has 0 rings (SSSR count). The second-order valence-corrected chi connectivity index (χ2v) is 33.7. The van der Waals surface area contributed by atoms with E-state index >= 15 is 0 Å². The van der Waals surface area contributed by atoms with E-state index in [4.69, 9.17) is 37.0 Å². The zero-order chi connectivity index (χ0) is 76.2. The predicted octanol–water partition coefficient (Wildman–Crippen LogP) is 26.0. The number of aliphatic hydroxyl groups is 1. The maximum absolute atomic E-state index is 13.1. The number of ether oxygens (including phenoxy) is 4. The van der Waals surface area contributed by atoms with Crippen LogP contribution < -0.4 is 0 Å². The maximum Gasteiger partial charge on any atom is 0.472 e. The number of aliphatic hydroxyl groups excluding tert-OH is 1. The summed E-state index contributed by atoms with van der Waals surface area (Å²) in [7, 11) is -9.92. The van der Waals surface area contributed by atoms with Crippen molar-refractivity contribution < 1.29 is 80.2 Å². The van der Waals surface area contributed by atoms with Crippen molar-refractivity contribution >= 4 is 39.5 Å². The first-order valence-electron chi connectivity index (χ1n) is 44.2. The zero-order valence-corrected chi connectivity index (χ0v) is 70.0. The first-order chi connectivity index (χ1) is 50.6. The monoisotopic (exact) mass is 1520 g/mol. The van der Waals surface area contributed by atoms with Gasteiger partial charge in [0.15, 0.2) is 12.2 Å². The molecule has 3 unspecified atom stereocenters. The fourth-order valence-corrected chi connectivity index (χ4v) is 14.8. The van der Waals surface area contributed by atoms with E-state index in [0.29, 0.717) is 25.7 Å². The summed E-state index contributed by atoms with van der Waals surface area (Å²) < 4.78 is 68.9. The summed E-state index contributed by atoms with van der Waals surface area (Å²) in [6, 6.07) is 0. The fourth-order valence-electron chi connectivity index (χ4n) is 13.3. The van der Waals surface area contributed by atoms with E-state index in [2.05, 4.69) is 34.6 Å². The summed E-state index contributed by atoms with van der Waals surface area (Å²) in [5, 5.41) is 10.7. The Kier molecular flexibility index (Phi) is 76.3. The van der Waals surface area contributed by atoms with Crippen LogP contribution in [0.25, 0.3) is 0 Å². The van der Waals surface area contributed by atoms with Gasteiger partial charge in [0.05, 0.1) is 26.4 Å². The van der Waals surface area contributed by atoms with Crippen LogP contribution in [-0.4, -0.2) is 96.7 Å². The third-order valence-electron chi connectivity index (χ3n) is 20.4. The van der Waals surface area contributed by atoms with Crippen molar-refractivity contribution in [2.75, 3.05) is 39.6 Å². The number of rotatable bonds is 85. The van der Waals surface area contributed by atoms with Gasteiger partial charge in [0.2, 0.25) is 0 Å². The Bertz CT molecular complexity index is 1980. The lowest BCUT2D eigenvalue weighted by Gasteiger charge is -2.21. The van der Waals surface area contributed by atoms with E-state index in [0.717, 1.165) is 95.8 Å². The highest BCUT2D eigenvalue weighted by atomic mass is 31.2. The van der Waals surface area contributed by atoms with Crippen LogP contribution in [0.4, 0.5) is 0 Å². The number of carbonyl (C=O) groups excluding carboxylic acids is 4. The number of phosphoric acid groups is 2. The molecule has 0 saturated carbocycles. The Morgan fingerprint density at radius 3 is 0.683 bits per heavy atom. The minimum absolute atomic E-state index is 0.109. The van der Waals surface area contributed by atoms with Gasteiger partial charge in [-0.2, -0.15) is 0 Å². The van der Waals surface area contributed by atoms with Gasteiger partial charge in [0.1, 0.15) is 19.3 Å². The molecule has 104 heavy (non-hydrogen) atoms. The number of phosphoric ester groups is 2. The van der Waals surface area contributed by atoms with E-state index in [1.54, 1.807) is 0 Å². The summed E-state index contributed by atoms with van der Waals surface area (Å²) in [5.74, 6) is -1.23. The van der Waals surface area contributed by atoms with E-state index in [9.17, 15) is 43.2 Å². The lowest BCUT2D eigenvalue weighted by molar-refractivity contribution is -0.161. The summed E-state index contributed by atoms with van der Waals surface area (Å²) >= 11 is 0. The lowest BCUT2D eigenvalue weighted by Crippen LogP contribution is -2.30. The van der Waals surface area contributed by atoms with E-state index in [-0.39, 0.29) is 25.7 Å². The van der Waals surface area contributed by atoms with Gasteiger partial charge < -0.3 is 33.8 Å². The van der Waals surface area contributed by atoms with Crippen molar-refractivity contribution in [3.8, 4) is 0 Å². The zero-order valence-electron chi connectivity index (χ0n) is 68.2. The van der Waals surface area contributed by atoms with Gasteiger partial charge in [0, 0.05) is 25.7 Å². The largest absolute Gasteiger partial charge is 0.472 e. The second-order valence-electron chi connectivity index (χ2n) is 30.8. The molecule has 0 spiro atoms. The molecule has 6 atom stereocenters. The molecular formula is C85H166O17P2. The van der Waals surface area contributed by atoms with E-state index in [1.807, 2.05) is 0 Å². The summed E-state index contributed by atoms with van der Waals surface area (Å²) in [4.78, 5) is 73.2. The molecule has 0 aliphatic heterocycles. The van der Waals surface area contributed by atoms with E-state index in [1.165, 1.54) is 283 Å². The summed E-state index contributed by atoms with van der Waals surface area (Å²) in [6.45, 7) is 7.43. The molecule has 0 radical (unpaired) electrons. The molecule has 0 aromatic carbocycles. The molecular weight excluding hydrogens is 1350 g/mol. The summed E-state index contributed by atoms with van der Waals surface area (Å²) in [6.07, 6.45) is 70.6. The molecule has 3 N–H and O–H groups in total. The molecule has 0 fully saturated rings. The SMILES string of the molecule is CCCCCCCCCCCCCCCCCC(=O)OC[C@H](COP(=O)(O)OC[C@@H](O)COP(=O)(O)OC[C@@H](COC(=O)CCCCCCCCCCCCCC)OC(=O)CCCCCCCCCCCCCCCCC)OC(=O)CCCCCCCCCCCCCCCCCCCCC(C)CC. The first kappa shape index (κ1) is 102. The maximum atomic E-state index is 13.1. The molecule has 0 aromatic heterocycles. The summed E-state index contributed by atoms with van der Waals surface area (Å²) in [5.41, 5.74) is 0. The van der Waals surface area contributed by atoms with Gasteiger partial charge in [-0.1, -0.05) is 407 Å². The average molecular weight is 1520 g/mol. The Hall–Kier alpha value is -1.94. The van der Waals surface area contributed by atoms with Gasteiger partial charge in [-0.25, -0.2) is 9.13 Å². The van der Waals surface area contributed by atoms with Crippen LogP contribution in [0.1, 0.15) is 458 Å². The number of unbranched alkanes of at least 4 members (excludes halogenated alkanes) is 56. The third-order valence-corrected chi connectivity index (χ3v) is 22.3. The van der Waals surface area contributed by atoms with Crippen molar-refractivity contribution in [3.05, 3.63) is 0 Å². The van der Waals surface area contributed by atoms with Gasteiger partial charge in [-0.3, -0.25) is 37.3 Å². The van der Waals surface area contributed by atoms with Crippen molar-refractivity contribution in [2.45, 2.75) is 477 Å². The molecule has 0 heterocycles. The quantitative estimate of drug-likeness (QED) is 0.0222. The number of carbonyl (C=O) groups is 4. The van der Waals surface area contributed by atoms with Crippen molar-refractivity contribution in [1.29, 1.82) is 0 Å². The average Bonchev–Trinajstić information content (AvgIpc) is 0.905. The smallest absolute Gasteiger partial charge is 0.462 e. The van der Waals surface area contributed by atoms with Crippen LogP contribution in [0.3, 0.4) is 0 Å². The van der Waals surface area contributed by atoms with Crippen LogP contribution in [0.15, 0.2) is 0 Å². The Morgan fingerprint density at radius 1 is 0.269 bits per heavy atom. The highest BCUT2D eigenvalue weighted by Gasteiger charge is 2.30. The Labute approximate surface area is 638 Å². The minimum Gasteiger partial charge on any atom is -0.462 e. The number of hydrogen-bond acceptors (Lipinski definition) is 15. The van der Waals surface area contributed by atoms with Gasteiger partial charge in [-0.15, -0.1) is 0 Å². The second kappa shape index (κ2) is 77.8. The van der Waals surface area contributed by atoms with Crippen LogP contribution in [0.2, 0.25) is 0 Å². The molecule has 0 amide bonds. The highest BCUT2D eigenvalue weighted by Crippen LogP contribution is 2.45. The normalized spacial score (nSPS) is 14.0. The number of esters is 4. The molecule has 0 bridgehead atoms. The van der Waals surface area contributed by atoms with Crippen molar-refractivity contribution in [2.24, 2.45) is 5.92 Å². The van der Waals surface area contributed by atoms with Crippen molar-refractivity contribution in [3.63, 3.8) is 0 Å². The first-order valence-corrected chi connectivity index (χ1v) is 47.2. The molecule has 0 saturated heterocycles. The van der Waals surface area contributed by atoms with Crippen LogP contribution >= 0.6 is 15.6 Å². The Morgan fingerprint density at radius 2 is 0.462 bits per heavy atom. The molecule has 0 aliphatic carbocycles. The standard InChI is InChI=1S/C85H166O17P2/c1-6-10-13-16-19-22-25-28-34-39-44-49-54-59-64-69-83(88)96-75-81(102-85(90)71-66-61-56-51-46-41-37-33-31-30-32-36-38-42-47-52-57-62-67-78(5)9-4)77-100-104(93,94)98-73-79(86)72-97-103(91,92)99-76-80(74-95-82(87)68-63-58-53-48-43-27-24-21-18-15-12-8-3)101-84(89)70-65-60-55-50-45-40-35-29-26-23-20-17-14-11-7-2/h78-81,86H,6-77H2,1-5H3,(H,91,92)(H,93,94)/t78?,79-,80+,81+/m0/s1. The topological polar surface area (TPSA) is 237 Å². The molecule has 0 aromatic rings. The Balaban J connectivity index is 5.23. The van der Waals surface area contributed by atoms with Crippen LogP contribution in [0, 0.1) is 5.92 Å². The highest BCUT2D eigenvalue weighted by molar-refractivity contribution is 7.47. The number of hydrogen-bond donors (Lipinski definition) is 3. The van der Waals surface area contributed by atoms with Gasteiger partial charge in [0.25, 0.3) is 0 Å². The van der Waals surface area contributed by atoms with Gasteiger partial charge >= 0.3 is 39.5 Å². The van der Waals surface area contributed by atoms with E-state index < -0.39 is 97.5 Å². The minimum atomic E-state index is -4.96. The predicted molar refractivity (Wildman–Crippen MR) is 428 cm³/mol. The lowest BCUT2D eigenvalue weighted by atomic mass is 9.99. The molecule has 17 nitrogen and oxygen atoms in total. The molecule has 0 aliphatic rings. The van der Waals surface area contributed by atoms with Crippen LogP contribution in [-0.2, 0) is 65.4 Å². The van der Waals surface area contributed by atoms with Crippen LogP contribution in [0.5, 0.6) is 0 Å². The molecule has 618 valence electrons. The molecule has 19 heteroatoms. The van der Waals surface area contributed by atoms with Crippen molar-refractivity contribution in [1.82, 2.24) is 0 Å².